The van der Waals surface area contributed by atoms with Crippen LogP contribution in [-0.4, -0.2) is 327 Å². The second kappa shape index (κ2) is 40.5. The molecule has 16 rings (SSSR count). The predicted octanol–water partition coefficient (Wildman–Crippen LogP) is 4.21. The van der Waals surface area contributed by atoms with Crippen molar-refractivity contribution in [3.8, 4) is 50.6 Å². The van der Waals surface area contributed by atoms with Crippen LogP contribution in [-0.2, 0) is 87.9 Å². The molecule has 732 valence electrons. The lowest BCUT2D eigenvalue weighted by molar-refractivity contribution is -0.155. The summed E-state index contributed by atoms with van der Waals surface area (Å²) >= 11 is 0. The fourth-order valence-corrected chi connectivity index (χ4v) is 21.8. The third-order valence-electron chi connectivity index (χ3n) is 28.3. The van der Waals surface area contributed by atoms with E-state index in [1.165, 1.54) is 32.9 Å². The molecule has 6 aromatic rings. The number of carbonyl (C=O) groups excluding carboxylic acids is 11. The highest BCUT2D eigenvalue weighted by molar-refractivity contribution is 6.27. The van der Waals surface area contributed by atoms with Gasteiger partial charge in [0.05, 0.1) is 54.6 Å². The number of hydrogen-bond acceptors (Lipinski definition) is 32. The molecule has 37 heteroatoms. The number of morpholine rings is 1. The number of rotatable bonds is 27. The number of phenols is 3. The Kier molecular flexibility index (Phi) is 29.6. The number of hydrogen-bond donors (Lipinski definition) is 17. The molecule has 0 bridgehead atoms. The number of likely N-dealkylation sites (N-methyl/N-ethyl adjacent to an activating group) is 4. The summed E-state index contributed by atoms with van der Waals surface area (Å²) in [5.41, 5.74) is 12.5. The average Bonchev–Trinajstić information content (AvgIpc) is 0.704. The van der Waals surface area contributed by atoms with Crippen molar-refractivity contribution in [2.75, 3.05) is 142 Å². The summed E-state index contributed by atoms with van der Waals surface area (Å²) in [4.78, 5) is 153. The average molecular weight is 1900 g/mol. The van der Waals surface area contributed by atoms with Crippen molar-refractivity contribution in [1.82, 2.24) is 35.1 Å². The lowest BCUT2D eigenvalue weighted by Crippen LogP contribution is -2.65. The Balaban J connectivity index is 0.000000165. The normalized spacial score (nSPS) is 25.0. The number of methoxy groups -OCH3 is 2. The van der Waals surface area contributed by atoms with E-state index in [4.69, 9.17) is 36.1 Å². The van der Waals surface area contributed by atoms with Crippen molar-refractivity contribution in [3.05, 3.63) is 210 Å². The molecule has 0 radical (unpaired) electrons. The molecule has 0 aromatic heterocycles. The first-order valence-electron chi connectivity index (χ1n) is 45.4. The summed E-state index contributed by atoms with van der Waals surface area (Å²) in [6, 6.07) is 27.5. The highest BCUT2D eigenvalue weighted by Gasteiger charge is 2.68. The molecule has 10 aliphatic rings. The van der Waals surface area contributed by atoms with Crippen LogP contribution in [0.1, 0.15) is 91.8 Å². The zero-order valence-electron chi connectivity index (χ0n) is 77.9. The monoisotopic (exact) mass is 1900 g/mol. The number of ketones is 6. The first-order valence-corrected chi connectivity index (χ1v) is 45.4. The van der Waals surface area contributed by atoms with Gasteiger partial charge in [-0.3, -0.25) is 77.2 Å². The highest BCUT2D eigenvalue weighted by Crippen LogP contribution is 2.59. The summed E-state index contributed by atoms with van der Waals surface area (Å²) in [5.74, 6) is -21.5. The van der Waals surface area contributed by atoms with Crippen LogP contribution in [0.5, 0.6) is 17.2 Å². The number of carbonyl (C=O) groups is 11. The summed E-state index contributed by atoms with van der Waals surface area (Å²) in [5, 5.41) is 142. The van der Waals surface area contributed by atoms with Crippen LogP contribution in [0.15, 0.2) is 160 Å². The molecule has 12 atom stereocenters. The van der Waals surface area contributed by atoms with Gasteiger partial charge in [-0.05, 0) is 223 Å². The van der Waals surface area contributed by atoms with E-state index in [0.29, 0.717) is 122 Å². The van der Waals surface area contributed by atoms with E-state index in [1.54, 1.807) is 123 Å². The topological polar surface area (TPSA) is 586 Å². The fourth-order valence-electron chi connectivity index (χ4n) is 21.8. The number of aliphatic hydroxyl groups is 9. The quantitative estimate of drug-likeness (QED) is 0.0254. The predicted molar refractivity (Wildman–Crippen MR) is 501 cm³/mol. The van der Waals surface area contributed by atoms with Crippen molar-refractivity contribution in [2.24, 2.45) is 52.7 Å². The number of fused-ring (bicyclic) bond motifs is 9. The molecule has 1 aliphatic heterocycles. The van der Waals surface area contributed by atoms with Crippen LogP contribution < -0.4 is 27.8 Å². The summed E-state index contributed by atoms with van der Waals surface area (Å²) in [6.45, 7) is 8.33. The number of nitrogens with one attached hydrogen (secondary N) is 2. The second-order valence-electron chi connectivity index (χ2n) is 37.2. The first-order chi connectivity index (χ1) is 65.5. The van der Waals surface area contributed by atoms with Gasteiger partial charge in [0, 0.05) is 125 Å². The third-order valence-corrected chi connectivity index (χ3v) is 28.3. The molecule has 4 unspecified atom stereocenters. The van der Waals surface area contributed by atoms with Crippen molar-refractivity contribution in [3.63, 3.8) is 0 Å². The van der Waals surface area contributed by atoms with Crippen LogP contribution in [0, 0.1) is 35.5 Å². The zero-order valence-corrected chi connectivity index (χ0v) is 77.9. The Labute approximate surface area is 794 Å². The van der Waals surface area contributed by atoms with Gasteiger partial charge in [0.2, 0.25) is 17.3 Å². The Bertz CT molecular complexity index is 6200. The number of phenolic OH excluding ortho intramolecular Hbond substituents is 3. The maximum atomic E-state index is 14.1. The third kappa shape index (κ3) is 18.1. The van der Waals surface area contributed by atoms with Crippen LogP contribution >= 0.6 is 0 Å². The largest absolute Gasteiger partial charge is 0.508 e. The number of ether oxygens (including phenoxy) is 4. The van der Waals surface area contributed by atoms with Gasteiger partial charge in [-0.25, -0.2) is 0 Å². The van der Waals surface area contributed by atoms with E-state index in [1.807, 2.05) is 31.3 Å². The molecular formula is C101H116N10O27. The molecule has 3 saturated carbocycles. The molecule has 6 aromatic carbocycles. The zero-order chi connectivity index (χ0) is 100. The van der Waals surface area contributed by atoms with Gasteiger partial charge < -0.3 is 108 Å². The maximum absolute atomic E-state index is 14.1. The molecule has 1 saturated heterocycles. The highest BCUT2D eigenvalue weighted by atomic mass is 16.5. The molecule has 5 amide bonds. The van der Waals surface area contributed by atoms with Gasteiger partial charge in [-0.2, -0.15) is 0 Å². The molecular weight excluding hydrogens is 1790 g/mol. The van der Waals surface area contributed by atoms with E-state index in [-0.39, 0.29) is 101 Å². The van der Waals surface area contributed by atoms with E-state index < -0.39 is 174 Å². The minimum absolute atomic E-state index is 0.0147. The smallest absolute Gasteiger partial charge is 0.255 e. The number of nitrogens with two attached hydrogens (primary N) is 3. The van der Waals surface area contributed by atoms with Crippen molar-refractivity contribution >= 4 is 81.5 Å². The number of Topliss-reactive ketones (excluding diaryl/α,β-unsaturated/α-hetero) is 6. The number of amides is 5. The van der Waals surface area contributed by atoms with Crippen molar-refractivity contribution in [2.45, 2.75) is 92.8 Å². The molecule has 1 heterocycles. The Hall–Kier alpha value is -13.2. The molecule has 138 heavy (non-hydrogen) atoms. The van der Waals surface area contributed by atoms with Crippen molar-refractivity contribution < 1.29 is 133 Å². The Morgan fingerprint density at radius 1 is 0.449 bits per heavy atom. The SMILES string of the molecule is CN(C)[C@@H]1C(=O)C(C(N)=O)=C(O)[C@@]2(O)C(=O)C3=C(O)c4c(O)ccc(-c5cccc(C(=O)NCCN6CCOCC6)c5)c4CC3CC12.COCCCNC(=O)c1cccc(-c2ccc(O)c3c2CC2CC4[C@H](N(C)C)C(=O)C(C(N)=O)=C(O)[C@@]4(O)C(=O)C2=C3O)c1.COCCCOCCN(C)Cc1cccc(-c2ccc(O)c3c2C[C@H]2C[C@H]4[C@H](N(C)C)C(=O)C(C(N)=O)=C(O)[C@@]4(O)C(=O)C2=C3O)c1. The number of primary amides is 3. The lowest BCUT2D eigenvalue weighted by Gasteiger charge is -2.50. The van der Waals surface area contributed by atoms with E-state index in [0.717, 1.165) is 42.7 Å². The second-order valence-corrected chi connectivity index (χ2v) is 37.2. The van der Waals surface area contributed by atoms with E-state index >= 15 is 0 Å². The number of nitrogens with zero attached hydrogens (tertiary/aromatic N) is 5. The standard InChI is InChI=1S/C35H43N3O9.C34H38N4O9.C32H35N3O9/c1-37(2)29-24-17-21-16-23-22(20-8-5-7-19(15-20)18-38(3)11-14-47-13-6-12-46-4)9-10-25(39)27(23)30(40)26(21)32(42)35(24,45)33(43)28(31(29)41)34(36)44;1-37(2)27-22-16-19-15-21-20(17-4-3-5-18(14-17)33(45)36-8-9-38-10-12-47-13-11-38)6-7-23(39)25(21)28(40)24(19)30(42)34(22,46)31(43)26(29(27)41)32(35)44;1-35(2)25-20-14-17-13-19-18(15-6-4-7-16(12-15)31(42)34-10-5-11-44-3)8-9-21(36)23(19)26(37)22(17)28(39)32(20,43)29(40)24(27(25)38)30(33)41/h5,7-10,15,21,24,29,39-40,43,45H,6,11-14,16-18H2,1-4H3,(H2,36,44);3-7,14,19,22,27,39-40,43,46H,8-13,15-16H2,1-2H3,(H2,35,44)(H,36,45);4,6-9,12,17,20,25,36-37,40,43H,5,10-11,13-14H2,1-3H3,(H2,33,41)(H,34,42)/t21-,24-,29-,35-;19?,22?,27-,34-;17?,20?,25-,32-/m000/s1. The number of aromatic hydroxyl groups is 3. The van der Waals surface area contributed by atoms with Gasteiger partial charge in [0.25, 0.3) is 29.5 Å². The number of benzene rings is 6. The fraction of sp³-hybridized carbons (Fsp3) is 0.416. The van der Waals surface area contributed by atoms with Gasteiger partial charge in [-0.1, -0.05) is 60.7 Å². The Morgan fingerprint density at radius 3 is 1.15 bits per heavy atom. The van der Waals surface area contributed by atoms with Crippen LogP contribution in [0.3, 0.4) is 0 Å². The summed E-state index contributed by atoms with van der Waals surface area (Å²) < 4.78 is 21.1. The van der Waals surface area contributed by atoms with Gasteiger partial charge in [0.1, 0.15) is 68.5 Å². The minimum Gasteiger partial charge on any atom is -0.508 e. The van der Waals surface area contributed by atoms with Gasteiger partial charge >= 0.3 is 0 Å². The molecule has 37 nitrogen and oxygen atoms in total. The number of aliphatic hydroxyl groups excluding tert-OH is 6. The van der Waals surface area contributed by atoms with Crippen molar-refractivity contribution in [1.29, 1.82) is 0 Å². The molecule has 9 aliphatic carbocycles. The summed E-state index contributed by atoms with van der Waals surface area (Å²) in [6.07, 6.45) is 1.95. The van der Waals surface area contributed by atoms with Crippen LogP contribution in [0.25, 0.3) is 50.7 Å². The van der Waals surface area contributed by atoms with E-state index in [2.05, 4.69) is 20.4 Å². The summed E-state index contributed by atoms with van der Waals surface area (Å²) in [7, 11) is 14.6. The minimum atomic E-state index is -2.71. The van der Waals surface area contributed by atoms with Gasteiger partial charge in [0.15, 0.2) is 34.2 Å². The molecule has 0 spiro atoms. The first kappa shape index (κ1) is 101. The van der Waals surface area contributed by atoms with Gasteiger partial charge in [-0.15, -0.1) is 0 Å². The maximum Gasteiger partial charge on any atom is 0.255 e. The van der Waals surface area contributed by atoms with Crippen LogP contribution in [0.4, 0.5) is 0 Å². The van der Waals surface area contributed by atoms with Crippen LogP contribution in [0.2, 0.25) is 0 Å². The van der Waals surface area contributed by atoms with E-state index in [9.17, 15) is 114 Å². The lowest BCUT2D eigenvalue weighted by atomic mass is 9.57. The Morgan fingerprint density at radius 2 is 0.797 bits per heavy atom. The molecule has 20 N–H and O–H groups in total. The molecule has 4 fully saturated rings.